The monoisotopic (exact) mass is 301 g/mol. The fourth-order valence-corrected chi connectivity index (χ4v) is 2.29. The van der Waals surface area contributed by atoms with Gasteiger partial charge in [0, 0.05) is 6.42 Å². The van der Waals surface area contributed by atoms with E-state index < -0.39 is 17.4 Å². The highest BCUT2D eigenvalue weighted by molar-refractivity contribution is 6.15. The van der Waals surface area contributed by atoms with E-state index in [1.807, 2.05) is 0 Å². The van der Waals surface area contributed by atoms with Gasteiger partial charge in [-0.2, -0.15) is 0 Å². The Labute approximate surface area is 125 Å². The average Bonchev–Trinajstić information content (AvgIpc) is 3.09. The van der Waals surface area contributed by atoms with Crippen molar-refractivity contribution < 1.29 is 23.5 Å². The van der Waals surface area contributed by atoms with Crippen molar-refractivity contribution >= 4 is 11.7 Å². The van der Waals surface area contributed by atoms with Crippen molar-refractivity contribution in [3.63, 3.8) is 0 Å². The summed E-state index contributed by atoms with van der Waals surface area (Å²) in [6.07, 6.45) is 1.68. The van der Waals surface area contributed by atoms with E-state index in [4.69, 9.17) is 4.42 Å². The molecule has 2 N–H and O–H groups in total. The molecule has 0 saturated heterocycles. The summed E-state index contributed by atoms with van der Waals surface area (Å²) >= 11 is 0. The highest BCUT2D eigenvalue weighted by atomic mass is 19.1. The van der Waals surface area contributed by atoms with Crippen molar-refractivity contribution in [3.8, 4) is 0 Å². The largest absolute Gasteiger partial charge is 0.503 e. The molecular weight excluding hydrogens is 289 g/mol. The van der Waals surface area contributed by atoms with Crippen molar-refractivity contribution in [1.29, 1.82) is 0 Å². The lowest BCUT2D eigenvalue weighted by atomic mass is 10.0. The molecule has 1 amide bonds. The molecule has 1 aliphatic heterocycles. The molecule has 0 aliphatic carbocycles. The maximum absolute atomic E-state index is 12.9. The van der Waals surface area contributed by atoms with Gasteiger partial charge in [0.1, 0.15) is 11.6 Å². The third kappa shape index (κ3) is 2.50. The number of furan rings is 1. The molecule has 1 aromatic carbocycles. The Hall–Kier alpha value is -2.89. The summed E-state index contributed by atoms with van der Waals surface area (Å²) in [5.74, 6) is -1.62. The minimum Gasteiger partial charge on any atom is -0.503 e. The molecule has 0 fully saturated rings. The smallest absolute Gasteiger partial charge is 0.286 e. The molecule has 1 aromatic heterocycles. The molecule has 0 saturated carbocycles. The van der Waals surface area contributed by atoms with Gasteiger partial charge >= 0.3 is 0 Å². The summed E-state index contributed by atoms with van der Waals surface area (Å²) in [6.45, 7) is -0.00926. The van der Waals surface area contributed by atoms with Gasteiger partial charge in [0.2, 0.25) is 0 Å². The zero-order valence-corrected chi connectivity index (χ0v) is 11.4. The second-order valence-corrected chi connectivity index (χ2v) is 4.90. The highest BCUT2D eigenvalue weighted by Crippen LogP contribution is 2.21. The van der Waals surface area contributed by atoms with Crippen LogP contribution in [-0.4, -0.2) is 23.3 Å². The molecule has 1 aliphatic rings. The van der Waals surface area contributed by atoms with Gasteiger partial charge < -0.3 is 14.8 Å². The molecular formula is C16H12FNO4. The number of amides is 1. The Kier molecular flexibility index (Phi) is 3.50. The van der Waals surface area contributed by atoms with Gasteiger partial charge in [-0.15, -0.1) is 0 Å². The first-order valence-corrected chi connectivity index (χ1v) is 6.62. The summed E-state index contributed by atoms with van der Waals surface area (Å²) in [6, 6.07) is 7.35. The molecule has 0 spiro atoms. The van der Waals surface area contributed by atoms with Gasteiger partial charge in [0.05, 0.1) is 23.9 Å². The van der Waals surface area contributed by atoms with Crippen molar-refractivity contribution in [2.24, 2.45) is 0 Å². The Morgan fingerprint density at radius 1 is 1.27 bits per heavy atom. The Morgan fingerprint density at radius 2 is 2.00 bits per heavy atom. The molecule has 112 valence electrons. The van der Waals surface area contributed by atoms with Gasteiger partial charge in [-0.3, -0.25) is 9.59 Å². The number of aliphatic hydroxyl groups excluding tert-OH is 1. The van der Waals surface area contributed by atoms with Gasteiger partial charge in [0.25, 0.3) is 5.91 Å². The van der Waals surface area contributed by atoms with E-state index in [-0.39, 0.29) is 23.5 Å². The third-order valence-electron chi connectivity index (χ3n) is 3.47. The van der Waals surface area contributed by atoms with Crippen LogP contribution < -0.4 is 5.32 Å². The van der Waals surface area contributed by atoms with Crippen LogP contribution in [0.15, 0.2) is 52.3 Å². The summed E-state index contributed by atoms with van der Waals surface area (Å²) in [4.78, 5) is 23.6. The van der Waals surface area contributed by atoms with E-state index in [1.54, 1.807) is 12.1 Å². The van der Waals surface area contributed by atoms with Crippen molar-refractivity contribution in [1.82, 2.24) is 5.32 Å². The number of carbonyl (C=O) groups is 2. The zero-order chi connectivity index (χ0) is 15.7. The summed E-state index contributed by atoms with van der Waals surface area (Å²) in [5.41, 5.74) is 1.08. The van der Waals surface area contributed by atoms with Crippen LogP contribution >= 0.6 is 0 Å². The molecule has 2 heterocycles. The van der Waals surface area contributed by atoms with Crippen LogP contribution in [0.2, 0.25) is 0 Å². The number of Topliss-reactive ketones (excluding diaryl/α,β-unsaturated/α-hetero) is 1. The minimum absolute atomic E-state index is 0.00926. The number of hydrogen-bond acceptors (Lipinski definition) is 4. The normalized spacial score (nSPS) is 14.3. The molecule has 0 bridgehead atoms. The molecule has 6 heteroatoms. The number of aliphatic hydroxyl groups is 1. The van der Waals surface area contributed by atoms with Gasteiger partial charge in [-0.1, -0.05) is 12.1 Å². The molecule has 2 aromatic rings. The maximum Gasteiger partial charge on any atom is 0.286 e. The van der Waals surface area contributed by atoms with Gasteiger partial charge in [-0.05, 0) is 23.8 Å². The van der Waals surface area contributed by atoms with Crippen LogP contribution in [0.3, 0.4) is 0 Å². The Bertz CT molecular complexity index is 774. The fourth-order valence-electron chi connectivity index (χ4n) is 2.29. The van der Waals surface area contributed by atoms with Crippen LogP contribution in [-0.2, 0) is 11.2 Å². The molecule has 0 unspecified atom stereocenters. The van der Waals surface area contributed by atoms with Crippen molar-refractivity contribution in [3.05, 3.63) is 70.6 Å². The van der Waals surface area contributed by atoms with Crippen LogP contribution in [0.4, 0.5) is 4.39 Å². The number of benzene rings is 1. The van der Waals surface area contributed by atoms with Crippen LogP contribution in [0.5, 0.6) is 0 Å². The Morgan fingerprint density at radius 3 is 2.64 bits per heavy atom. The van der Waals surface area contributed by atoms with E-state index in [1.165, 1.54) is 24.5 Å². The Balaban J connectivity index is 1.88. The first-order valence-electron chi connectivity index (χ1n) is 6.62. The van der Waals surface area contributed by atoms with E-state index in [0.717, 1.165) is 5.56 Å². The van der Waals surface area contributed by atoms with Gasteiger partial charge in [0.15, 0.2) is 11.5 Å². The van der Waals surface area contributed by atoms with Crippen LogP contribution in [0.25, 0.3) is 0 Å². The fraction of sp³-hybridized carbons (Fsp3) is 0.125. The SMILES string of the molecule is O=C1NCC(C(=O)c2ccoc2Cc2ccc(F)cc2)=C1O. The number of nitrogens with one attached hydrogen (secondary N) is 1. The predicted octanol–water partition coefficient (Wildman–Crippen LogP) is 2.13. The average molecular weight is 301 g/mol. The van der Waals surface area contributed by atoms with Crippen LogP contribution in [0, 0.1) is 5.82 Å². The number of hydrogen-bond donors (Lipinski definition) is 2. The predicted molar refractivity (Wildman–Crippen MR) is 74.9 cm³/mol. The van der Waals surface area contributed by atoms with Crippen molar-refractivity contribution in [2.75, 3.05) is 6.54 Å². The van der Waals surface area contributed by atoms with E-state index >= 15 is 0 Å². The standard InChI is InChI=1S/C16H12FNO4/c17-10-3-1-9(2-4-10)7-13-11(5-6-22-13)14(19)12-8-18-16(21)15(12)20/h1-6,20H,7-8H2,(H,18,21). The lowest BCUT2D eigenvalue weighted by Crippen LogP contribution is -2.18. The number of halogens is 1. The lowest BCUT2D eigenvalue weighted by Gasteiger charge is -2.03. The van der Waals surface area contributed by atoms with Gasteiger partial charge in [-0.25, -0.2) is 4.39 Å². The van der Waals surface area contributed by atoms with E-state index in [2.05, 4.69) is 5.32 Å². The molecule has 3 rings (SSSR count). The third-order valence-corrected chi connectivity index (χ3v) is 3.47. The number of ketones is 1. The topological polar surface area (TPSA) is 79.5 Å². The first-order chi connectivity index (χ1) is 10.6. The molecule has 5 nitrogen and oxygen atoms in total. The van der Waals surface area contributed by atoms with Crippen LogP contribution in [0.1, 0.15) is 21.7 Å². The molecule has 0 radical (unpaired) electrons. The second-order valence-electron chi connectivity index (χ2n) is 4.90. The summed E-state index contributed by atoms with van der Waals surface area (Å²) in [7, 11) is 0. The quantitative estimate of drug-likeness (QED) is 0.848. The number of carbonyl (C=O) groups excluding carboxylic acids is 2. The summed E-state index contributed by atoms with van der Waals surface area (Å²) < 4.78 is 18.2. The maximum atomic E-state index is 12.9. The molecule has 22 heavy (non-hydrogen) atoms. The minimum atomic E-state index is -0.660. The number of rotatable bonds is 4. The highest BCUT2D eigenvalue weighted by Gasteiger charge is 2.29. The molecule has 0 atom stereocenters. The summed E-state index contributed by atoms with van der Waals surface area (Å²) in [5, 5.41) is 12.0. The first kappa shape index (κ1) is 14.1. The van der Waals surface area contributed by atoms with E-state index in [0.29, 0.717) is 12.2 Å². The second kappa shape index (κ2) is 5.48. The zero-order valence-electron chi connectivity index (χ0n) is 11.4. The van der Waals surface area contributed by atoms with Crippen molar-refractivity contribution in [2.45, 2.75) is 6.42 Å². The van der Waals surface area contributed by atoms with E-state index in [9.17, 15) is 19.1 Å². The lowest BCUT2D eigenvalue weighted by molar-refractivity contribution is -0.118.